The number of fused-ring (bicyclic) bond motifs is 1. The van der Waals surface area contributed by atoms with Crippen LogP contribution in [0.25, 0.3) is 11.0 Å². The SMILES string of the molecule is COCc1nc2c(N3CCC(OC(N)=O)C3)c([N+](=O)[O-])ccc2n1C. The number of amides is 1. The van der Waals surface area contributed by atoms with Gasteiger partial charge in [0.15, 0.2) is 0 Å². The standard InChI is InChI=1S/C15H19N5O5/c1-18-10-3-4-11(20(22)23)14(13(10)17-12(18)8-24-2)19-6-5-9(7-19)25-15(16)21/h3-4,9H,5-8H2,1-2H3,(H2,16,21). The third-order valence-electron chi connectivity index (χ3n) is 4.31. The molecule has 0 saturated carbocycles. The van der Waals surface area contributed by atoms with Crippen molar-refractivity contribution in [1.29, 1.82) is 0 Å². The number of ether oxygens (including phenoxy) is 2. The zero-order valence-electron chi connectivity index (χ0n) is 14.0. The molecule has 0 aliphatic carbocycles. The van der Waals surface area contributed by atoms with Crippen molar-refractivity contribution in [3.63, 3.8) is 0 Å². The van der Waals surface area contributed by atoms with Crippen LogP contribution in [0.5, 0.6) is 0 Å². The molecule has 1 aliphatic rings. The smallest absolute Gasteiger partial charge is 0.404 e. The third-order valence-corrected chi connectivity index (χ3v) is 4.31. The molecule has 1 unspecified atom stereocenters. The number of aromatic nitrogens is 2. The maximum absolute atomic E-state index is 11.5. The van der Waals surface area contributed by atoms with Crippen molar-refractivity contribution in [2.75, 3.05) is 25.1 Å². The molecule has 3 rings (SSSR count). The molecule has 10 heteroatoms. The molecule has 134 valence electrons. The van der Waals surface area contributed by atoms with Crippen LogP contribution in [0, 0.1) is 10.1 Å². The van der Waals surface area contributed by atoms with E-state index in [2.05, 4.69) is 4.98 Å². The summed E-state index contributed by atoms with van der Waals surface area (Å²) in [6.07, 6.45) is -0.692. The van der Waals surface area contributed by atoms with E-state index < -0.39 is 17.1 Å². The number of nitro benzene ring substituents is 1. The minimum absolute atomic E-state index is 0.0331. The van der Waals surface area contributed by atoms with E-state index >= 15 is 0 Å². The molecule has 0 spiro atoms. The summed E-state index contributed by atoms with van der Waals surface area (Å²) < 4.78 is 12.0. The molecule has 2 N–H and O–H groups in total. The maximum atomic E-state index is 11.5. The molecule has 1 aliphatic heterocycles. The third kappa shape index (κ3) is 3.07. The number of benzene rings is 1. The molecule has 1 aromatic heterocycles. The number of rotatable bonds is 5. The van der Waals surface area contributed by atoms with Gasteiger partial charge in [-0.1, -0.05) is 0 Å². The Morgan fingerprint density at radius 2 is 2.28 bits per heavy atom. The van der Waals surface area contributed by atoms with E-state index in [1.54, 1.807) is 13.2 Å². The van der Waals surface area contributed by atoms with Gasteiger partial charge in [0.05, 0.1) is 17.0 Å². The molecular formula is C15H19N5O5. The van der Waals surface area contributed by atoms with Gasteiger partial charge in [0.1, 0.15) is 29.7 Å². The van der Waals surface area contributed by atoms with Crippen molar-refractivity contribution >= 4 is 28.5 Å². The summed E-state index contributed by atoms with van der Waals surface area (Å²) in [6, 6.07) is 3.15. The Labute approximate surface area is 143 Å². The van der Waals surface area contributed by atoms with Crippen LogP contribution >= 0.6 is 0 Å². The number of carbonyl (C=O) groups is 1. The zero-order chi connectivity index (χ0) is 18.1. The summed E-state index contributed by atoms with van der Waals surface area (Å²) in [6.45, 7) is 1.14. The number of carbonyl (C=O) groups excluding carboxylic acids is 1. The summed E-state index contributed by atoms with van der Waals surface area (Å²) >= 11 is 0. The lowest BCUT2D eigenvalue weighted by Gasteiger charge is -2.18. The highest BCUT2D eigenvalue weighted by atomic mass is 16.6. The number of hydrogen-bond acceptors (Lipinski definition) is 7. The molecule has 10 nitrogen and oxygen atoms in total. The van der Waals surface area contributed by atoms with Crippen LogP contribution in [0.1, 0.15) is 12.2 Å². The first kappa shape index (κ1) is 17.0. The lowest BCUT2D eigenvalue weighted by molar-refractivity contribution is -0.384. The fraction of sp³-hybridized carbons (Fsp3) is 0.467. The van der Waals surface area contributed by atoms with Crippen LogP contribution in [0.3, 0.4) is 0 Å². The summed E-state index contributed by atoms with van der Waals surface area (Å²) in [5.41, 5.74) is 6.76. The van der Waals surface area contributed by atoms with Crippen molar-refractivity contribution in [3.8, 4) is 0 Å². The van der Waals surface area contributed by atoms with Crippen molar-refractivity contribution < 1.29 is 19.2 Å². The zero-order valence-corrected chi connectivity index (χ0v) is 14.0. The van der Waals surface area contributed by atoms with Crippen LogP contribution in [0.4, 0.5) is 16.2 Å². The van der Waals surface area contributed by atoms with E-state index in [0.29, 0.717) is 43.1 Å². The van der Waals surface area contributed by atoms with E-state index in [1.807, 2.05) is 16.5 Å². The van der Waals surface area contributed by atoms with Crippen LogP contribution < -0.4 is 10.6 Å². The van der Waals surface area contributed by atoms with Crippen LogP contribution in [0.2, 0.25) is 0 Å². The lowest BCUT2D eigenvalue weighted by Crippen LogP contribution is -2.27. The van der Waals surface area contributed by atoms with Gasteiger partial charge in [0.2, 0.25) is 0 Å². The molecular weight excluding hydrogens is 330 g/mol. The van der Waals surface area contributed by atoms with Gasteiger partial charge in [-0.05, 0) is 6.07 Å². The fourth-order valence-corrected chi connectivity index (χ4v) is 3.19. The average molecular weight is 349 g/mol. The Morgan fingerprint density at radius 3 is 2.92 bits per heavy atom. The van der Waals surface area contributed by atoms with E-state index in [1.165, 1.54) is 6.07 Å². The van der Waals surface area contributed by atoms with E-state index in [-0.39, 0.29) is 5.69 Å². The highest BCUT2D eigenvalue weighted by Gasteiger charge is 2.32. The fourth-order valence-electron chi connectivity index (χ4n) is 3.19. The van der Waals surface area contributed by atoms with Gasteiger partial charge >= 0.3 is 6.09 Å². The normalized spacial score (nSPS) is 17.2. The summed E-state index contributed by atoms with van der Waals surface area (Å²) in [5.74, 6) is 0.670. The monoisotopic (exact) mass is 349 g/mol. The first-order chi connectivity index (χ1) is 11.9. The van der Waals surface area contributed by atoms with Gasteiger partial charge in [-0.15, -0.1) is 0 Å². The number of imidazole rings is 1. The first-order valence-corrected chi connectivity index (χ1v) is 7.75. The summed E-state index contributed by atoms with van der Waals surface area (Å²) in [5, 5.41) is 11.5. The molecule has 1 fully saturated rings. The lowest BCUT2D eigenvalue weighted by atomic mass is 10.2. The van der Waals surface area contributed by atoms with Gasteiger partial charge in [-0.25, -0.2) is 9.78 Å². The Balaban J connectivity index is 2.08. The van der Waals surface area contributed by atoms with Crippen molar-refractivity contribution in [2.45, 2.75) is 19.1 Å². The minimum atomic E-state index is -0.847. The molecule has 0 radical (unpaired) electrons. The van der Waals surface area contributed by atoms with E-state index in [9.17, 15) is 14.9 Å². The second kappa shape index (κ2) is 6.55. The van der Waals surface area contributed by atoms with Crippen LogP contribution in [-0.4, -0.2) is 46.9 Å². The quantitative estimate of drug-likeness (QED) is 0.637. The topological polar surface area (TPSA) is 126 Å². The molecule has 25 heavy (non-hydrogen) atoms. The first-order valence-electron chi connectivity index (χ1n) is 7.75. The number of hydrogen-bond donors (Lipinski definition) is 1. The number of aryl methyl sites for hydroxylation is 1. The highest BCUT2D eigenvalue weighted by Crippen LogP contribution is 2.38. The predicted octanol–water partition coefficient (Wildman–Crippen LogP) is 1.30. The van der Waals surface area contributed by atoms with Gasteiger partial charge in [0, 0.05) is 33.2 Å². The molecule has 1 amide bonds. The second-order valence-electron chi connectivity index (χ2n) is 5.87. The van der Waals surface area contributed by atoms with Crippen LogP contribution in [0.15, 0.2) is 12.1 Å². The predicted molar refractivity (Wildman–Crippen MR) is 89.4 cm³/mol. The number of nitro groups is 1. The number of methoxy groups -OCH3 is 1. The molecule has 1 atom stereocenters. The molecule has 1 saturated heterocycles. The maximum Gasteiger partial charge on any atom is 0.404 e. The molecule has 2 heterocycles. The van der Waals surface area contributed by atoms with Crippen molar-refractivity contribution in [1.82, 2.24) is 9.55 Å². The number of nitrogens with zero attached hydrogens (tertiary/aromatic N) is 4. The Kier molecular flexibility index (Phi) is 4.45. The van der Waals surface area contributed by atoms with Crippen LogP contribution in [-0.2, 0) is 23.1 Å². The van der Waals surface area contributed by atoms with Gasteiger partial charge in [-0.2, -0.15) is 0 Å². The highest BCUT2D eigenvalue weighted by molar-refractivity contribution is 5.95. The van der Waals surface area contributed by atoms with E-state index in [0.717, 1.165) is 5.52 Å². The minimum Gasteiger partial charge on any atom is -0.444 e. The number of anilines is 1. The summed E-state index contributed by atoms with van der Waals surface area (Å²) in [7, 11) is 3.40. The molecule has 2 aromatic rings. The molecule has 0 bridgehead atoms. The van der Waals surface area contributed by atoms with Gasteiger partial charge < -0.3 is 24.7 Å². The Bertz CT molecular complexity index is 833. The Morgan fingerprint density at radius 1 is 1.52 bits per heavy atom. The summed E-state index contributed by atoms with van der Waals surface area (Å²) in [4.78, 5) is 28.4. The van der Waals surface area contributed by atoms with Crippen molar-refractivity contribution in [3.05, 3.63) is 28.1 Å². The van der Waals surface area contributed by atoms with Crippen molar-refractivity contribution in [2.24, 2.45) is 12.8 Å². The number of primary amides is 1. The van der Waals surface area contributed by atoms with E-state index in [4.69, 9.17) is 15.2 Å². The van der Waals surface area contributed by atoms with Gasteiger partial charge in [-0.3, -0.25) is 10.1 Å². The Hall–Kier alpha value is -2.88. The largest absolute Gasteiger partial charge is 0.444 e. The molecule has 1 aromatic carbocycles. The number of nitrogens with two attached hydrogens (primary N) is 1. The second-order valence-corrected chi connectivity index (χ2v) is 5.87. The average Bonchev–Trinajstić information content (AvgIpc) is 3.12. The van der Waals surface area contributed by atoms with Gasteiger partial charge in [0.25, 0.3) is 5.69 Å².